The molecule has 1 saturated heterocycles. The molecule has 1 fully saturated rings. The number of rotatable bonds is 14. The first kappa shape index (κ1) is 33.2. The Morgan fingerprint density at radius 1 is 0.778 bits per heavy atom. The van der Waals surface area contributed by atoms with Gasteiger partial charge in [-0.3, -0.25) is 14.4 Å². The van der Waals surface area contributed by atoms with Gasteiger partial charge in [-0.1, -0.05) is 67.4 Å². The summed E-state index contributed by atoms with van der Waals surface area (Å²) in [6.45, 7) is 0.201. The fourth-order valence-electron chi connectivity index (χ4n) is 4.99. The van der Waals surface area contributed by atoms with Crippen molar-refractivity contribution in [3.8, 4) is 5.75 Å². The number of benzene rings is 3. The van der Waals surface area contributed by atoms with Crippen molar-refractivity contribution < 1.29 is 46.7 Å². The fourth-order valence-corrected chi connectivity index (χ4v) is 4.99. The van der Waals surface area contributed by atoms with Crippen LogP contribution in [0.2, 0.25) is 0 Å². The van der Waals surface area contributed by atoms with E-state index in [1.54, 1.807) is 31.4 Å². The minimum absolute atomic E-state index is 0.0154. The molecule has 3 aromatic rings. The summed E-state index contributed by atoms with van der Waals surface area (Å²) in [6.07, 6.45) is -2.73. The molecule has 3 aromatic carbocycles. The lowest BCUT2D eigenvalue weighted by Gasteiger charge is -2.36. The predicted molar refractivity (Wildman–Crippen MR) is 156 cm³/mol. The second kappa shape index (κ2) is 14.8. The molecule has 0 aromatic heterocycles. The second-order valence-electron chi connectivity index (χ2n) is 10.3. The molecule has 45 heavy (non-hydrogen) atoms. The molecule has 0 radical (unpaired) electrons. The first-order valence-electron chi connectivity index (χ1n) is 14.4. The molecule has 0 spiro atoms. The van der Waals surface area contributed by atoms with Crippen LogP contribution >= 0.6 is 0 Å². The first-order valence-corrected chi connectivity index (χ1v) is 14.4. The van der Waals surface area contributed by atoms with Gasteiger partial charge in [0.2, 0.25) is 0 Å². The Kier molecular flexibility index (Phi) is 10.9. The predicted octanol–water partition coefficient (Wildman–Crippen LogP) is 5.46. The van der Waals surface area contributed by atoms with E-state index in [1.165, 1.54) is 12.1 Å². The van der Waals surface area contributed by atoms with E-state index in [9.17, 15) is 32.3 Å². The highest BCUT2D eigenvalue weighted by atomic mass is 19.4. The summed E-state index contributed by atoms with van der Waals surface area (Å²) >= 11 is 0. The molecule has 0 aliphatic carbocycles. The Hall–Kier alpha value is -4.71. The Morgan fingerprint density at radius 2 is 1.33 bits per heavy atom. The number of ether oxygens (including phenoxy) is 2. The van der Waals surface area contributed by atoms with E-state index >= 15 is 0 Å². The molecule has 1 N–H and O–H groups in total. The van der Waals surface area contributed by atoms with Gasteiger partial charge in [0.1, 0.15) is 11.4 Å². The first-order chi connectivity index (χ1) is 21.6. The van der Waals surface area contributed by atoms with Crippen molar-refractivity contribution in [1.82, 2.24) is 10.4 Å². The maximum atomic E-state index is 12.8. The molecule has 12 heteroatoms. The van der Waals surface area contributed by atoms with Crippen molar-refractivity contribution in [1.29, 1.82) is 0 Å². The summed E-state index contributed by atoms with van der Waals surface area (Å²) < 4.78 is 49.2. The van der Waals surface area contributed by atoms with Crippen molar-refractivity contribution in [2.24, 2.45) is 0 Å². The van der Waals surface area contributed by atoms with Crippen LogP contribution in [0.3, 0.4) is 0 Å². The number of carbonyl (C=O) groups is 4. The van der Waals surface area contributed by atoms with Crippen LogP contribution in [0.4, 0.5) is 13.2 Å². The maximum absolute atomic E-state index is 12.8. The van der Waals surface area contributed by atoms with Gasteiger partial charge in [-0.25, -0.2) is 4.79 Å². The number of nitrogens with one attached hydrogen (secondary N) is 1. The molecule has 4 rings (SSSR count). The van der Waals surface area contributed by atoms with Crippen LogP contribution in [-0.4, -0.2) is 55.2 Å². The number of hydrogen-bond donors (Lipinski definition) is 1. The molecule has 0 saturated carbocycles. The smallest absolute Gasteiger partial charge is 0.471 e. The monoisotopic (exact) mass is 626 g/mol. The normalized spacial score (nSPS) is 14.6. The average molecular weight is 627 g/mol. The molecular weight excluding hydrogens is 593 g/mol. The van der Waals surface area contributed by atoms with E-state index < -0.39 is 35.5 Å². The third-order valence-corrected chi connectivity index (χ3v) is 7.32. The highest BCUT2D eigenvalue weighted by molar-refractivity contribution is 6.02. The van der Waals surface area contributed by atoms with E-state index in [0.29, 0.717) is 42.1 Å². The number of methoxy groups -OCH3 is 1. The highest BCUT2D eigenvalue weighted by Gasteiger charge is 2.39. The van der Waals surface area contributed by atoms with E-state index in [4.69, 9.17) is 14.3 Å². The van der Waals surface area contributed by atoms with E-state index in [-0.39, 0.29) is 31.6 Å². The lowest BCUT2D eigenvalue weighted by atomic mass is 9.79. The minimum Gasteiger partial charge on any atom is -0.497 e. The van der Waals surface area contributed by atoms with E-state index in [0.717, 1.165) is 11.1 Å². The van der Waals surface area contributed by atoms with E-state index in [2.05, 4.69) is 0 Å². The van der Waals surface area contributed by atoms with Gasteiger partial charge in [0, 0.05) is 26.0 Å². The van der Waals surface area contributed by atoms with Crippen LogP contribution in [0.5, 0.6) is 5.75 Å². The zero-order chi connectivity index (χ0) is 32.5. The molecule has 1 aliphatic rings. The van der Waals surface area contributed by atoms with Crippen LogP contribution in [-0.2, 0) is 29.6 Å². The molecule has 1 unspecified atom stereocenters. The molecule has 0 bridgehead atoms. The van der Waals surface area contributed by atoms with Gasteiger partial charge >= 0.3 is 18.1 Å². The summed E-state index contributed by atoms with van der Waals surface area (Å²) in [7, 11) is 1.56. The molecule has 1 heterocycles. The molecule has 1 atom stereocenters. The van der Waals surface area contributed by atoms with Crippen LogP contribution < -0.4 is 10.1 Å². The quantitative estimate of drug-likeness (QED) is 0.144. The zero-order valence-electron chi connectivity index (χ0n) is 24.6. The van der Waals surface area contributed by atoms with Gasteiger partial charge in [-0.2, -0.15) is 13.2 Å². The topological polar surface area (TPSA) is 111 Å². The second-order valence-corrected chi connectivity index (χ2v) is 10.3. The maximum Gasteiger partial charge on any atom is 0.471 e. The lowest BCUT2D eigenvalue weighted by Crippen LogP contribution is -2.37. The Labute approximate surface area is 258 Å². The Bertz CT molecular complexity index is 1460. The molecule has 1 aliphatic heterocycles. The van der Waals surface area contributed by atoms with Gasteiger partial charge in [0.05, 0.1) is 12.7 Å². The summed E-state index contributed by atoms with van der Waals surface area (Å²) in [5.74, 6) is -3.32. The number of nitrogens with zero attached hydrogens (tertiary/aromatic N) is 1. The highest BCUT2D eigenvalue weighted by Crippen LogP contribution is 2.41. The van der Waals surface area contributed by atoms with Crippen molar-refractivity contribution in [2.75, 3.05) is 20.3 Å². The van der Waals surface area contributed by atoms with Gasteiger partial charge in [0.15, 0.2) is 0 Å². The van der Waals surface area contributed by atoms with Gasteiger partial charge in [-0.05, 0) is 53.8 Å². The number of hydroxylamine groups is 2. The number of halogens is 3. The lowest BCUT2D eigenvalue weighted by molar-refractivity contribution is -0.173. The SMILES string of the molecule is COc1ccc(C(OCCCCCCNC(=O)C(F)(F)F)(c2ccccc2)c2ccc(C(=O)ON3C(=O)CCC3=O)cc2)cc1. The van der Waals surface area contributed by atoms with Crippen LogP contribution in [0.15, 0.2) is 78.9 Å². The third-order valence-electron chi connectivity index (χ3n) is 7.32. The van der Waals surface area contributed by atoms with Crippen molar-refractivity contribution in [3.05, 3.63) is 101 Å². The number of imide groups is 1. The standard InChI is InChI=1S/C33H33F3N2O7/c1-43-27-17-15-26(16-18-27)32(24-9-5-4-6-10-24,44-22-8-3-2-7-21-37-31(42)33(34,35)36)25-13-11-23(12-14-25)30(41)45-38-28(39)19-20-29(38)40/h4-6,9-18H,2-3,7-8,19-22H2,1H3,(H,37,42). The molecular formula is C33H33F3N2O7. The number of hydrogen-bond acceptors (Lipinski definition) is 7. The summed E-state index contributed by atoms with van der Waals surface area (Å²) in [5, 5.41) is 2.37. The summed E-state index contributed by atoms with van der Waals surface area (Å²) in [5.41, 5.74) is 1.23. The zero-order valence-corrected chi connectivity index (χ0v) is 24.6. The third kappa shape index (κ3) is 8.07. The summed E-state index contributed by atoms with van der Waals surface area (Å²) in [4.78, 5) is 52.6. The molecule has 238 valence electrons. The van der Waals surface area contributed by atoms with Crippen LogP contribution in [0.1, 0.15) is 65.6 Å². The van der Waals surface area contributed by atoms with Gasteiger partial charge in [0.25, 0.3) is 11.8 Å². The van der Waals surface area contributed by atoms with Crippen LogP contribution in [0.25, 0.3) is 0 Å². The van der Waals surface area contributed by atoms with Gasteiger partial charge in [-0.15, -0.1) is 5.06 Å². The fraction of sp³-hybridized carbons (Fsp3) is 0.333. The van der Waals surface area contributed by atoms with Crippen molar-refractivity contribution in [3.63, 3.8) is 0 Å². The largest absolute Gasteiger partial charge is 0.497 e. The number of alkyl halides is 3. The van der Waals surface area contributed by atoms with E-state index in [1.807, 2.05) is 47.8 Å². The summed E-state index contributed by atoms with van der Waals surface area (Å²) in [6, 6.07) is 23.3. The Morgan fingerprint density at radius 3 is 1.91 bits per heavy atom. The number of unbranched alkanes of at least 4 members (excludes halogenated alkanes) is 3. The number of amides is 3. The van der Waals surface area contributed by atoms with Crippen molar-refractivity contribution >= 4 is 23.7 Å². The Balaban J connectivity index is 1.55. The average Bonchev–Trinajstić information content (AvgIpc) is 3.36. The van der Waals surface area contributed by atoms with Crippen molar-refractivity contribution in [2.45, 2.75) is 50.3 Å². The van der Waals surface area contributed by atoms with Gasteiger partial charge < -0.3 is 19.6 Å². The molecule has 3 amide bonds. The minimum atomic E-state index is -4.90. The number of carbonyl (C=O) groups excluding carboxylic acids is 4. The van der Waals surface area contributed by atoms with Crippen LogP contribution in [0, 0.1) is 0 Å². The molecule has 9 nitrogen and oxygen atoms in total.